The van der Waals surface area contributed by atoms with E-state index in [1.165, 1.54) is 10.5 Å². The minimum Gasteiger partial charge on any atom is -0.337 e. The molecule has 0 bridgehead atoms. The number of carbonyl (C=O) groups is 1. The SMILES string of the molecule is Cc1ccccc1SC1CCN(C(=O)c2cc(-c3ccccn3)n[nH]2)CC1. The summed E-state index contributed by atoms with van der Waals surface area (Å²) in [5.74, 6) is 0.0176. The maximum absolute atomic E-state index is 12.8. The highest BCUT2D eigenvalue weighted by molar-refractivity contribution is 8.00. The molecule has 1 aromatic carbocycles. The van der Waals surface area contributed by atoms with Crippen LogP contribution in [0, 0.1) is 6.92 Å². The van der Waals surface area contributed by atoms with Crippen molar-refractivity contribution in [3.8, 4) is 11.4 Å². The third-order valence-electron chi connectivity index (χ3n) is 4.85. The standard InChI is InChI=1S/C21H22N4OS/c1-15-6-2-3-8-20(15)27-16-9-12-25(13-10-16)21(26)19-14-18(23-24-19)17-7-4-5-11-22-17/h2-8,11,14,16H,9-10,12-13H2,1H3,(H,23,24). The summed E-state index contributed by atoms with van der Waals surface area (Å²) >= 11 is 1.94. The first-order valence-corrected chi connectivity index (χ1v) is 10.1. The molecule has 0 aliphatic carbocycles. The Labute approximate surface area is 163 Å². The molecule has 6 heteroatoms. The fraction of sp³-hybridized carbons (Fsp3) is 0.286. The molecule has 4 rings (SSSR count). The molecule has 0 radical (unpaired) electrons. The first-order chi connectivity index (χ1) is 13.2. The predicted octanol–water partition coefficient (Wildman–Crippen LogP) is 4.18. The van der Waals surface area contributed by atoms with Gasteiger partial charge in [-0.05, 0) is 49.6 Å². The summed E-state index contributed by atoms with van der Waals surface area (Å²) in [6.07, 6.45) is 3.74. The lowest BCUT2D eigenvalue weighted by Gasteiger charge is -2.31. The van der Waals surface area contributed by atoms with Gasteiger partial charge in [-0.2, -0.15) is 5.10 Å². The number of H-pyrrole nitrogens is 1. The fourth-order valence-electron chi connectivity index (χ4n) is 3.29. The number of benzene rings is 1. The van der Waals surface area contributed by atoms with Gasteiger partial charge in [0.25, 0.3) is 5.91 Å². The van der Waals surface area contributed by atoms with E-state index in [0.717, 1.165) is 31.6 Å². The van der Waals surface area contributed by atoms with Gasteiger partial charge < -0.3 is 4.90 Å². The smallest absolute Gasteiger partial charge is 0.271 e. The number of aryl methyl sites for hydroxylation is 1. The van der Waals surface area contributed by atoms with E-state index in [4.69, 9.17) is 0 Å². The van der Waals surface area contributed by atoms with Crippen LogP contribution in [0.1, 0.15) is 28.9 Å². The van der Waals surface area contributed by atoms with Crippen LogP contribution < -0.4 is 0 Å². The van der Waals surface area contributed by atoms with Crippen molar-refractivity contribution in [2.45, 2.75) is 29.9 Å². The van der Waals surface area contributed by atoms with Crippen molar-refractivity contribution in [3.05, 3.63) is 66.0 Å². The van der Waals surface area contributed by atoms with Gasteiger partial charge in [0.2, 0.25) is 0 Å². The van der Waals surface area contributed by atoms with Gasteiger partial charge in [0.05, 0.1) is 5.69 Å². The van der Waals surface area contributed by atoms with Crippen molar-refractivity contribution < 1.29 is 4.79 Å². The van der Waals surface area contributed by atoms with Crippen LogP contribution in [0.15, 0.2) is 59.6 Å². The average molecular weight is 379 g/mol. The number of hydrogen-bond donors (Lipinski definition) is 1. The molecule has 1 fully saturated rings. The predicted molar refractivity (Wildman–Crippen MR) is 108 cm³/mol. The van der Waals surface area contributed by atoms with Crippen molar-refractivity contribution in [2.24, 2.45) is 0 Å². The summed E-state index contributed by atoms with van der Waals surface area (Å²) in [4.78, 5) is 20.3. The molecule has 3 aromatic rings. The van der Waals surface area contributed by atoms with Gasteiger partial charge in [-0.15, -0.1) is 11.8 Å². The van der Waals surface area contributed by atoms with Crippen LogP contribution in [0.5, 0.6) is 0 Å². The minimum absolute atomic E-state index is 0.0176. The summed E-state index contributed by atoms with van der Waals surface area (Å²) < 4.78 is 0. The second kappa shape index (κ2) is 7.96. The quantitative estimate of drug-likeness (QED) is 0.740. The highest BCUT2D eigenvalue weighted by Gasteiger charge is 2.25. The number of rotatable bonds is 4. The van der Waals surface area contributed by atoms with Crippen LogP contribution in [-0.4, -0.2) is 44.3 Å². The first kappa shape index (κ1) is 17.8. The third kappa shape index (κ3) is 4.06. The molecule has 3 heterocycles. The van der Waals surface area contributed by atoms with Gasteiger partial charge in [-0.3, -0.25) is 14.9 Å². The van der Waals surface area contributed by atoms with Crippen LogP contribution in [0.4, 0.5) is 0 Å². The van der Waals surface area contributed by atoms with Crippen LogP contribution in [0.3, 0.4) is 0 Å². The van der Waals surface area contributed by atoms with E-state index in [1.54, 1.807) is 12.3 Å². The van der Waals surface area contributed by atoms with Crippen molar-refractivity contribution in [1.29, 1.82) is 0 Å². The Morgan fingerprint density at radius 1 is 1.11 bits per heavy atom. The van der Waals surface area contributed by atoms with Gasteiger partial charge in [0, 0.05) is 29.4 Å². The Balaban J connectivity index is 1.36. The normalized spacial score (nSPS) is 15.1. The number of aromatic amines is 1. The zero-order valence-corrected chi connectivity index (χ0v) is 16.1. The summed E-state index contributed by atoms with van der Waals surface area (Å²) in [7, 11) is 0. The van der Waals surface area contributed by atoms with Crippen LogP contribution in [0.2, 0.25) is 0 Å². The van der Waals surface area contributed by atoms with E-state index in [9.17, 15) is 4.79 Å². The van der Waals surface area contributed by atoms with Crippen molar-refractivity contribution in [2.75, 3.05) is 13.1 Å². The van der Waals surface area contributed by atoms with Crippen molar-refractivity contribution in [1.82, 2.24) is 20.1 Å². The molecule has 0 spiro atoms. The first-order valence-electron chi connectivity index (χ1n) is 9.19. The number of hydrogen-bond acceptors (Lipinski definition) is 4. The highest BCUT2D eigenvalue weighted by Crippen LogP contribution is 2.32. The van der Waals surface area contributed by atoms with E-state index in [1.807, 2.05) is 34.9 Å². The molecule has 1 amide bonds. The van der Waals surface area contributed by atoms with E-state index in [-0.39, 0.29) is 5.91 Å². The number of likely N-dealkylation sites (tertiary alicyclic amines) is 1. The Morgan fingerprint density at radius 2 is 1.89 bits per heavy atom. The monoisotopic (exact) mass is 378 g/mol. The molecule has 0 saturated carbocycles. The average Bonchev–Trinajstić information content (AvgIpc) is 3.21. The molecule has 5 nitrogen and oxygen atoms in total. The summed E-state index contributed by atoms with van der Waals surface area (Å²) in [5.41, 5.74) is 3.31. The molecule has 1 N–H and O–H groups in total. The topological polar surface area (TPSA) is 61.9 Å². The van der Waals surface area contributed by atoms with E-state index >= 15 is 0 Å². The minimum atomic E-state index is 0.0176. The van der Waals surface area contributed by atoms with Crippen LogP contribution >= 0.6 is 11.8 Å². The van der Waals surface area contributed by atoms with Gasteiger partial charge in [0.1, 0.15) is 11.4 Å². The molecule has 138 valence electrons. The molecule has 2 aromatic heterocycles. The van der Waals surface area contributed by atoms with Crippen LogP contribution in [0.25, 0.3) is 11.4 Å². The molecular formula is C21H22N4OS. The number of carbonyl (C=O) groups excluding carboxylic acids is 1. The van der Waals surface area contributed by atoms with Gasteiger partial charge in [-0.1, -0.05) is 24.3 Å². The third-order valence-corrected chi connectivity index (χ3v) is 6.37. The largest absolute Gasteiger partial charge is 0.337 e. The van der Waals surface area contributed by atoms with Crippen molar-refractivity contribution in [3.63, 3.8) is 0 Å². The summed E-state index contributed by atoms with van der Waals surface area (Å²) in [6, 6.07) is 15.9. The zero-order valence-electron chi connectivity index (χ0n) is 15.3. The molecule has 1 saturated heterocycles. The van der Waals surface area contributed by atoms with Crippen LogP contribution in [-0.2, 0) is 0 Å². The maximum atomic E-state index is 12.8. The molecule has 1 aliphatic rings. The fourth-order valence-corrected chi connectivity index (χ4v) is 4.51. The number of pyridine rings is 1. The van der Waals surface area contributed by atoms with E-state index < -0.39 is 0 Å². The lowest BCUT2D eigenvalue weighted by atomic mass is 10.1. The highest BCUT2D eigenvalue weighted by atomic mass is 32.2. The van der Waals surface area contributed by atoms with E-state index in [0.29, 0.717) is 16.6 Å². The molecule has 27 heavy (non-hydrogen) atoms. The van der Waals surface area contributed by atoms with Gasteiger partial charge in [0.15, 0.2) is 0 Å². The Hall–Kier alpha value is -2.60. The number of nitrogens with one attached hydrogen (secondary N) is 1. The summed E-state index contributed by atoms with van der Waals surface area (Å²) in [6.45, 7) is 3.71. The Bertz CT molecular complexity index is 917. The molecule has 1 aliphatic heterocycles. The Morgan fingerprint density at radius 3 is 2.63 bits per heavy atom. The second-order valence-corrected chi connectivity index (χ2v) is 8.10. The zero-order chi connectivity index (χ0) is 18.6. The lowest BCUT2D eigenvalue weighted by Crippen LogP contribution is -2.39. The second-order valence-electron chi connectivity index (χ2n) is 6.76. The van der Waals surface area contributed by atoms with Gasteiger partial charge >= 0.3 is 0 Å². The number of thioether (sulfide) groups is 1. The van der Waals surface area contributed by atoms with Gasteiger partial charge in [-0.25, -0.2) is 0 Å². The maximum Gasteiger partial charge on any atom is 0.271 e. The lowest BCUT2D eigenvalue weighted by molar-refractivity contribution is 0.0721. The Kier molecular flexibility index (Phi) is 5.25. The number of aromatic nitrogens is 3. The van der Waals surface area contributed by atoms with E-state index in [2.05, 4.69) is 46.4 Å². The molecule has 0 unspecified atom stereocenters. The van der Waals surface area contributed by atoms with Crippen molar-refractivity contribution >= 4 is 17.7 Å². The number of amides is 1. The molecule has 0 atom stereocenters. The molecular weight excluding hydrogens is 356 g/mol. The number of nitrogens with zero attached hydrogens (tertiary/aromatic N) is 3. The number of piperidine rings is 1. The summed E-state index contributed by atoms with van der Waals surface area (Å²) in [5, 5.41) is 7.67.